The first-order valence-corrected chi connectivity index (χ1v) is 9.24. The van der Waals surface area contributed by atoms with Crippen molar-refractivity contribution in [1.29, 1.82) is 0 Å². The number of benzene rings is 1. The van der Waals surface area contributed by atoms with E-state index in [0.29, 0.717) is 31.3 Å². The first-order valence-electron chi connectivity index (χ1n) is 8.45. The van der Waals surface area contributed by atoms with E-state index in [2.05, 4.69) is 25.8 Å². The molecule has 0 spiro atoms. The number of aromatic nitrogens is 1. The van der Waals surface area contributed by atoms with Gasteiger partial charge in [0.1, 0.15) is 6.26 Å². The van der Waals surface area contributed by atoms with Crippen LogP contribution in [0, 0.1) is 0 Å². The van der Waals surface area contributed by atoms with Crippen molar-refractivity contribution in [1.82, 2.24) is 14.8 Å². The minimum absolute atomic E-state index is 0.0488. The minimum Gasteiger partial charge on any atom is -0.459 e. The summed E-state index contributed by atoms with van der Waals surface area (Å²) in [5.41, 5.74) is 1.83. The Hall–Kier alpha value is -2.38. The number of hydrogen-bond acceptors (Lipinski definition) is 5. The Bertz CT molecular complexity index is 883. The molecule has 1 saturated heterocycles. The molecule has 1 aliphatic heterocycles. The third-order valence-electron chi connectivity index (χ3n) is 4.43. The number of nitrogens with zero attached hydrogens (tertiary/aromatic N) is 3. The van der Waals surface area contributed by atoms with Gasteiger partial charge in [-0.25, -0.2) is 4.98 Å². The number of hydrogen-bond donors (Lipinski definition) is 0. The third kappa shape index (κ3) is 3.59. The number of piperazine rings is 1. The second-order valence-corrected chi connectivity index (χ2v) is 7.02. The molecule has 7 heteroatoms. The molecule has 1 fully saturated rings. The minimum atomic E-state index is -0.0488. The molecule has 0 atom stereocenters. The molecule has 1 aliphatic rings. The number of furan rings is 1. The predicted octanol–water partition coefficient (Wildman–Crippen LogP) is 3.66. The summed E-state index contributed by atoms with van der Waals surface area (Å²) in [7, 11) is 0. The van der Waals surface area contributed by atoms with E-state index in [4.69, 9.17) is 8.83 Å². The number of carbonyl (C=O) groups is 1. The second kappa shape index (κ2) is 7.47. The van der Waals surface area contributed by atoms with Crippen molar-refractivity contribution in [2.45, 2.75) is 6.54 Å². The van der Waals surface area contributed by atoms with E-state index in [-0.39, 0.29) is 5.91 Å². The molecule has 2 aromatic heterocycles. The molecule has 0 aliphatic carbocycles. The lowest BCUT2D eigenvalue weighted by Crippen LogP contribution is -2.48. The molecular formula is C19H18BrN3O3. The lowest BCUT2D eigenvalue weighted by atomic mass is 10.2. The SMILES string of the molecule is O=C(c1ccco1)N1CCN(Cc2coc(-c3ccccc3Br)n2)CC1. The smallest absolute Gasteiger partial charge is 0.289 e. The van der Waals surface area contributed by atoms with E-state index in [1.54, 1.807) is 18.4 Å². The van der Waals surface area contributed by atoms with Gasteiger partial charge in [-0.2, -0.15) is 0 Å². The number of carbonyl (C=O) groups excluding carboxylic acids is 1. The molecule has 3 aromatic rings. The molecule has 0 N–H and O–H groups in total. The first kappa shape index (κ1) is 17.1. The Morgan fingerprint density at radius 3 is 2.62 bits per heavy atom. The summed E-state index contributed by atoms with van der Waals surface area (Å²) in [6.07, 6.45) is 3.23. The van der Waals surface area contributed by atoms with E-state index >= 15 is 0 Å². The van der Waals surface area contributed by atoms with E-state index in [1.165, 1.54) is 6.26 Å². The van der Waals surface area contributed by atoms with Gasteiger partial charge in [0, 0.05) is 37.2 Å². The van der Waals surface area contributed by atoms with Gasteiger partial charge in [0.2, 0.25) is 5.89 Å². The zero-order chi connectivity index (χ0) is 17.9. The van der Waals surface area contributed by atoms with Crippen LogP contribution >= 0.6 is 15.9 Å². The third-order valence-corrected chi connectivity index (χ3v) is 5.12. The van der Waals surface area contributed by atoms with E-state index < -0.39 is 0 Å². The number of halogens is 1. The van der Waals surface area contributed by atoms with E-state index in [1.807, 2.05) is 29.2 Å². The summed E-state index contributed by atoms with van der Waals surface area (Å²) in [6, 6.07) is 11.3. The zero-order valence-electron chi connectivity index (χ0n) is 14.1. The summed E-state index contributed by atoms with van der Waals surface area (Å²) in [5, 5.41) is 0. The molecule has 0 radical (unpaired) electrons. The Morgan fingerprint density at radius 2 is 1.88 bits per heavy atom. The molecule has 4 rings (SSSR count). The monoisotopic (exact) mass is 415 g/mol. The molecule has 0 saturated carbocycles. The van der Waals surface area contributed by atoms with Crippen molar-refractivity contribution < 1.29 is 13.6 Å². The first-order chi connectivity index (χ1) is 12.7. The van der Waals surface area contributed by atoms with Gasteiger partial charge in [0.05, 0.1) is 17.5 Å². The van der Waals surface area contributed by atoms with Crippen LogP contribution in [-0.4, -0.2) is 46.9 Å². The highest BCUT2D eigenvalue weighted by molar-refractivity contribution is 9.10. The molecule has 6 nitrogen and oxygen atoms in total. The maximum absolute atomic E-state index is 12.3. The van der Waals surface area contributed by atoms with Gasteiger partial charge in [-0.15, -0.1) is 0 Å². The van der Waals surface area contributed by atoms with Crippen molar-refractivity contribution in [2.24, 2.45) is 0 Å². The van der Waals surface area contributed by atoms with Crippen molar-refractivity contribution in [2.75, 3.05) is 26.2 Å². The van der Waals surface area contributed by atoms with Crippen LogP contribution in [0.3, 0.4) is 0 Å². The van der Waals surface area contributed by atoms with Crippen LogP contribution in [-0.2, 0) is 6.54 Å². The van der Waals surface area contributed by atoms with Gasteiger partial charge in [0.15, 0.2) is 5.76 Å². The lowest BCUT2D eigenvalue weighted by Gasteiger charge is -2.33. The van der Waals surface area contributed by atoms with Gasteiger partial charge in [-0.1, -0.05) is 12.1 Å². The van der Waals surface area contributed by atoms with E-state index in [0.717, 1.165) is 28.8 Å². The fraction of sp³-hybridized carbons (Fsp3) is 0.263. The van der Waals surface area contributed by atoms with Gasteiger partial charge < -0.3 is 13.7 Å². The van der Waals surface area contributed by atoms with Crippen molar-refractivity contribution in [3.63, 3.8) is 0 Å². The summed E-state index contributed by atoms with van der Waals surface area (Å²) in [5.74, 6) is 0.958. The van der Waals surface area contributed by atoms with Crippen molar-refractivity contribution in [3.05, 3.63) is 64.9 Å². The lowest BCUT2D eigenvalue weighted by molar-refractivity contribution is 0.0596. The summed E-state index contributed by atoms with van der Waals surface area (Å²) in [6.45, 7) is 3.65. The number of oxazole rings is 1. The van der Waals surface area contributed by atoms with Gasteiger partial charge in [-0.05, 0) is 40.2 Å². The molecule has 26 heavy (non-hydrogen) atoms. The van der Waals surface area contributed by atoms with Crippen LogP contribution in [0.1, 0.15) is 16.2 Å². The van der Waals surface area contributed by atoms with E-state index in [9.17, 15) is 4.79 Å². The van der Waals surface area contributed by atoms with Crippen molar-refractivity contribution in [3.8, 4) is 11.5 Å². The largest absolute Gasteiger partial charge is 0.459 e. The molecule has 3 heterocycles. The zero-order valence-corrected chi connectivity index (χ0v) is 15.7. The molecule has 1 amide bonds. The highest BCUT2D eigenvalue weighted by Gasteiger charge is 2.24. The molecular weight excluding hydrogens is 398 g/mol. The average Bonchev–Trinajstić information content (AvgIpc) is 3.34. The average molecular weight is 416 g/mol. The van der Waals surface area contributed by atoms with Crippen LogP contribution in [0.2, 0.25) is 0 Å². The van der Waals surface area contributed by atoms with Crippen LogP contribution < -0.4 is 0 Å². The van der Waals surface area contributed by atoms with Gasteiger partial charge >= 0.3 is 0 Å². The maximum atomic E-state index is 12.3. The molecule has 1 aromatic carbocycles. The fourth-order valence-corrected chi connectivity index (χ4v) is 3.49. The second-order valence-electron chi connectivity index (χ2n) is 6.17. The number of rotatable bonds is 4. The van der Waals surface area contributed by atoms with Crippen LogP contribution in [0.5, 0.6) is 0 Å². The van der Waals surface area contributed by atoms with Crippen LogP contribution in [0.4, 0.5) is 0 Å². The van der Waals surface area contributed by atoms with Gasteiger partial charge in [-0.3, -0.25) is 9.69 Å². The standard InChI is InChI=1S/C19H18BrN3O3/c20-16-5-2-1-4-15(16)18-21-14(13-26-18)12-22-7-9-23(10-8-22)19(24)17-6-3-11-25-17/h1-6,11,13H,7-10,12H2. The summed E-state index contributed by atoms with van der Waals surface area (Å²) in [4.78, 5) is 21.0. The fourth-order valence-electron chi connectivity index (χ4n) is 3.03. The molecule has 0 bridgehead atoms. The predicted molar refractivity (Wildman–Crippen MR) is 99.5 cm³/mol. The maximum Gasteiger partial charge on any atom is 0.289 e. The molecule has 134 valence electrons. The quantitative estimate of drug-likeness (QED) is 0.650. The summed E-state index contributed by atoms with van der Waals surface area (Å²) >= 11 is 3.52. The summed E-state index contributed by atoms with van der Waals surface area (Å²) < 4.78 is 11.8. The number of amides is 1. The molecule has 0 unspecified atom stereocenters. The van der Waals surface area contributed by atoms with Crippen LogP contribution in [0.25, 0.3) is 11.5 Å². The normalized spacial score (nSPS) is 15.3. The Kier molecular flexibility index (Phi) is 4.90. The highest BCUT2D eigenvalue weighted by atomic mass is 79.9. The van der Waals surface area contributed by atoms with Crippen LogP contribution in [0.15, 0.2) is 62.2 Å². The Balaban J connectivity index is 1.35. The topological polar surface area (TPSA) is 62.7 Å². The van der Waals surface area contributed by atoms with Gasteiger partial charge in [0.25, 0.3) is 5.91 Å². The van der Waals surface area contributed by atoms with Crippen molar-refractivity contribution >= 4 is 21.8 Å². The Labute approximate surface area is 159 Å². The highest BCUT2D eigenvalue weighted by Crippen LogP contribution is 2.27. The Morgan fingerprint density at radius 1 is 1.08 bits per heavy atom.